The molecule has 2 nitrogen and oxygen atoms in total. The minimum absolute atomic E-state index is 0.0831. The zero-order valence-corrected chi connectivity index (χ0v) is 13.4. The van der Waals surface area contributed by atoms with E-state index in [4.69, 9.17) is 0 Å². The van der Waals surface area contributed by atoms with Crippen LogP contribution < -0.4 is 0 Å². The molecule has 1 amide bonds. The second kappa shape index (κ2) is 6.35. The van der Waals surface area contributed by atoms with Crippen LogP contribution in [-0.4, -0.2) is 17.9 Å². The van der Waals surface area contributed by atoms with E-state index in [0.717, 1.165) is 26.9 Å². The Kier molecular flexibility index (Phi) is 4.77. The number of nitrogens with zero attached hydrogens (tertiary/aromatic N) is 1. The topological polar surface area (TPSA) is 20.3 Å². The number of carbonyl (C=O) groups is 1. The van der Waals surface area contributed by atoms with Crippen molar-refractivity contribution in [1.82, 2.24) is 4.90 Å². The highest BCUT2D eigenvalue weighted by Crippen LogP contribution is 2.22. The maximum Gasteiger partial charge on any atom is 0.254 e. The predicted molar refractivity (Wildman–Crippen MR) is 83.6 cm³/mol. The summed E-state index contributed by atoms with van der Waals surface area (Å²) >= 11 is 5.08. The quantitative estimate of drug-likeness (QED) is 0.812. The molecule has 1 aromatic heterocycles. The van der Waals surface area contributed by atoms with Crippen molar-refractivity contribution >= 4 is 33.2 Å². The Labute approximate surface area is 126 Å². The van der Waals surface area contributed by atoms with Crippen LogP contribution in [0.5, 0.6) is 0 Å². The maximum absolute atomic E-state index is 12.5. The van der Waals surface area contributed by atoms with Crippen LogP contribution in [0.25, 0.3) is 0 Å². The van der Waals surface area contributed by atoms with E-state index >= 15 is 0 Å². The Balaban J connectivity index is 2.14. The number of aryl methyl sites for hydroxylation is 1. The number of thiophene rings is 1. The molecule has 1 heterocycles. The summed E-state index contributed by atoms with van der Waals surface area (Å²) in [5, 5.41) is 2.07. The lowest BCUT2D eigenvalue weighted by atomic mass is 10.0. The average Bonchev–Trinajstić information content (AvgIpc) is 2.83. The van der Waals surface area contributed by atoms with E-state index < -0.39 is 0 Å². The third kappa shape index (κ3) is 3.45. The predicted octanol–water partition coefficient (Wildman–Crippen LogP) is 4.35. The molecule has 0 atom stereocenters. The highest BCUT2D eigenvalue weighted by molar-refractivity contribution is 9.11. The van der Waals surface area contributed by atoms with Crippen LogP contribution in [0.3, 0.4) is 0 Å². The van der Waals surface area contributed by atoms with Gasteiger partial charge in [0.05, 0.1) is 3.79 Å². The average molecular weight is 338 g/mol. The summed E-state index contributed by atoms with van der Waals surface area (Å²) in [5.74, 6) is 0.0831. The highest BCUT2D eigenvalue weighted by atomic mass is 79.9. The summed E-state index contributed by atoms with van der Waals surface area (Å²) in [6, 6.07) is 9.87. The van der Waals surface area contributed by atoms with Crippen LogP contribution in [0.4, 0.5) is 0 Å². The van der Waals surface area contributed by atoms with Gasteiger partial charge in [-0.25, -0.2) is 0 Å². The van der Waals surface area contributed by atoms with Crippen molar-refractivity contribution in [1.29, 1.82) is 0 Å². The lowest BCUT2D eigenvalue weighted by Gasteiger charge is -2.18. The molecule has 2 aromatic rings. The zero-order chi connectivity index (χ0) is 13.8. The van der Waals surface area contributed by atoms with Crippen molar-refractivity contribution in [2.75, 3.05) is 7.05 Å². The van der Waals surface area contributed by atoms with Crippen LogP contribution >= 0.6 is 27.3 Å². The van der Waals surface area contributed by atoms with E-state index in [9.17, 15) is 4.79 Å². The monoisotopic (exact) mass is 337 g/mol. The summed E-state index contributed by atoms with van der Waals surface area (Å²) < 4.78 is 1.09. The van der Waals surface area contributed by atoms with Crippen molar-refractivity contribution in [3.8, 4) is 0 Å². The summed E-state index contributed by atoms with van der Waals surface area (Å²) in [4.78, 5) is 14.2. The summed E-state index contributed by atoms with van der Waals surface area (Å²) in [6.45, 7) is 2.71. The van der Waals surface area contributed by atoms with E-state index in [1.165, 1.54) is 0 Å². The first kappa shape index (κ1) is 14.3. The molecule has 0 spiro atoms. The van der Waals surface area contributed by atoms with Crippen LogP contribution in [-0.2, 0) is 13.0 Å². The lowest BCUT2D eigenvalue weighted by Crippen LogP contribution is -2.26. The molecule has 0 aliphatic heterocycles. The van der Waals surface area contributed by atoms with Gasteiger partial charge in [-0.05, 0) is 51.0 Å². The van der Waals surface area contributed by atoms with Crippen molar-refractivity contribution in [2.45, 2.75) is 19.9 Å². The third-order valence-corrected chi connectivity index (χ3v) is 4.57. The molecule has 100 valence electrons. The largest absolute Gasteiger partial charge is 0.337 e. The number of hydrogen-bond donors (Lipinski definition) is 0. The van der Waals surface area contributed by atoms with Gasteiger partial charge >= 0.3 is 0 Å². The van der Waals surface area contributed by atoms with Crippen molar-refractivity contribution < 1.29 is 4.79 Å². The van der Waals surface area contributed by atoms with Crippen LogP contribution in [0.1, 0.15) is 28.4 Å². The van der Waals surface area contributed by atoms with Gasteiger partial charge in [-0.3, -0.25) is 4.79 Å². The SMILES string of the molecule is CCc1ccccc1C(=O)N(C)Cc1csc(Br)c1. The van der Waals surface area contributed by atoms with Gasteiger partial charge in [0.15, 0.2) is 0 Å². The Morgan fingerprint density at radius 2 is 2.11 bits per heavy atom. The second-order valence-electron chi connectivity index (χ2n) is 4.43. The minimum Gasteiger partial charge on any atom is -0.337 e. The van der Waals surface area contributed by atoms with Crippen molar-refractivity contribution in [2.24, 2.45) is 0 Å². The van der Waals surface area contributed by atoms with E-state index in [2.05, 4.69) is 34.3 Å². The second-order valence-corrected chi connectivity index (χ2v) is 6.72. The zero-order valence-electron chi connectivity index (χ0n) is 11.0. The fourth-order valence-electron chi connectivity index (χ4n) is 2.02. The molecule has 4 heteroatoms. The lowest BCUT2D eigenvalue weighted by molar-refractivity contribution is 0.0784. The van der Waals surface area contributed by atoms with Crippen molar-refractivity contribution in [3.05, 3.63) is 56.2 Å². The first-order valence-electron chi connectivity index (χ1n) is 6.18. The molecular weight excluding hydrogens is 322 g/mol. The molecule has 0 fully saturated rings. The molecule has 0 bridgehead atoms. The van der Waals surface area contributed by atoms with Gasteiger partial charge in [0, 0.05) is 19.2 Å². The first-order valence-corrected chi connectivity index (χ1v) is 7.85. The van der Waals surface area contributed by atoms with Gasteiger partial charge in [-0.1, -0.05) is 25.1 Å². The number of hydrogen-bond acceptors (Lipinski definition) is 2. The van der Waals surface area contributed by atoms with E-state index in [-0.39, 0.29) is 5.91 Å². The van der Waals surface area contributed by atoms with E-state index in [0.29, 0.717) is 6.54 Å². The molecule has 0 aliphatic carbocycles. The normalized spacial score (nSPS) is 10.5. The molecular formula is C15H16BrNOS. The van der Waals surface area contributed by atoms with Gasteiger partial charge in [-0.15, -0.1) is 11.3 Å². The van der Waals surface area contributed by atoms with Gasteiger partial charge in [0.1, 0.15) is 0 Å². The molecule has 0 saturated carbocycles. The van der Waals surface area contributed by atoms with Crippen molar-refractivity contribution in [3.63, 3.8) is 0 Å². The van der Waals surface area contributed by atoms with Crippen LogP contribution in [0.2, 0.25) is 0 Å². The van der Waals surface area contributed by atoms with Gasteiger partial charge in [0.2, 0.25) is 0 Å². The Morgan fingerprint density at radius 3 is 2.74 bits per heavy atom. The first-order chi connectivity index (χ1) is 9.11. The molecule has 0 radical (unpaired) electrons. The fourth-order valence-corrected chi connectivity index (χ4v) is 3.22. The third-order valence-electron chi connectivity index (χ3n) is 3.02. The fraction of sp³-hybridized carbons (Fsp3) is 0.267. The van der Waals surface area contributed by atoms with Gasteiger partial charge < -0.3 is 4.90 Å². The summed E-state index contributed by atoms with van der Waals surface area (Å²) in [5.41, 5.74) is 3.06. The number of halogens is 1. The van der Waals surface area contributed by atoms with Crippen LogP contribution in [0, 0.1) is 0 Å². The Morgan fingerprint density at radius 1 is 1.37 bits per heavy atom. The molecule has 0 N–H and O–H groups in total. The molecule has 0 unspecified atom stereocenters. The molecule has 0 saturated heterocycles. The molecule has 2 rings (SSSR count). The maximum atomic E-state index is 12.5. The van der Waals surface area contributed by atoms with E-state index in [1.807, 2.05) is 31.3 Å². The Bertz CT molecular complexity index is 579. The molecule has 19 heavy (non-hydrogen) atoms. The van der Waals surface area contributed by atoms with Gasteiger partial charge in [0.25, 0.3) is 5.91 Å². The molecule has 1 aromatic carbocycles. The number of benzene rings is 1. The summed E-state index contributed by atoms with van der Waals surface area (Å²) in [6.07, 6.45) is 0.875. The molecule has 0 aliphatic rings. The number of carbonyl (C=O) groups excluding carboxylic acids is 1. The number of rotatable bonds is 4. The minimum atomic E-state index is 0.0831. The van der Waals surface area contributed by atoms with Gasteiger partial charge in [-0.2, -0.15) is 0 Å². The summed E-state index contributed by atoms with van der Waals surface area (Å²) in [7, 11) is 1.85. The Hall–Kier alpha value is -1.13. The van der Waals surface area contributed by atoms with E-state index in [1.54, 1.807) is 16.2 Å². The smallest absolute Gasteiger partial charge is 0.254 e. The standard InChI is InChI=1S/C15H16BrNOS/c1-3-12-6-4-5-7-13(12)15(18)17(2)9-11-8-14(16)19-10-11/h4-8,10H,3,9H2,1-2H3. The highest BCUT2D eigenvalue weighted by Gasteiger charge is 2.15. The van der Waals surface area contributed by atoms with Crippen LogP contribution in [0.15, 0.2) is 39.5 Å². The number of amides is 1.